The Bertz CT molecular complexity index is 1000. The summed E-state index contributed by atoms with van der Waals surface area (Å²) >= 11 is 0. The third kappa shape index (κ3) is 11.4. The van der Waals surface area contributed by atoms with Crippen LogP contribution in [0, 0.1) is 17.0 Å². The van der Waals surface area contributed by atoms with Crippen molar-refractivity contribution in [3.05, 3.63) is 71.3 Å². The summed E-state index contributed by atoms with van der Waals surface area (Å²) in [6.45, 7) is 4.16. The number of nitrogens with one attached hydrogen (secondary N) is 2. The van der Waals surface area contributed by atoms with E-state index >= 15 is 0 Å². The molecule has 0 aromatic heterocycles. The Morgan fingerprint density at radius 2 is 1.68 bits per heavy atom. The van der Waals surface area contributed by atoms with Gasteiger partial charge in [0.05, 0.1) is 0 Å². The summed E-state index contributed by atoms with van der Waals surface area (Å²) in [6.07, 6.45) is 1.81. The van der Waals surface area contributed by atoms with Gasteiger partial charge in [-0.1, -0.05) is 50.6 Å². The van der Waals surface area contributed by atoms with E-state index in [9.17, 15) is 23.5 Å². The molecular formula is C28H40F2N4O3. The van der Waals surface area contributed by atoms with Gasteiger partial charge >= 0.3 is 0 Å². The molecule has 204 valence electrons. The molecule has 0 aliphatic rings. The van der Waals surface area contributed by atoms with Gasteiger partial charge in [-0.05, 0) is 60.4 Å². The number of benzene rings is 2. The topological polar surface area (TPSA) is 130 Å². The van der Waals surface area contributed by atoms with Gasteiger partial charge < -0.3 is 27.2 Å². The van der Waals surface area contributed by atoms with E-state index in [-0.39, 0.29) is 37.4 Å². The van der Waals surface area contributed by atoms with Crippen LogP contribution in [-0.4, -0.2) is 48.2 Å². The van der Waals surface area contributed by atoms with E-state index in [1.54, 1.807) is 0 Å². The highest BCUT2D eigenvalue weighted by molar-refractivity contribution is 5.81. The van der Waals surface area contributed by atoms with Crippen LogP contribution in [0.15, 0.2) is 48.5 Å². The number of carbonyl (C=O) groups is 2. The fourth-order valence-electron chi connectivity index (χ4n) is 3.90. The van der Waals surface area contributed by atoms with Crippen molar-refractivity contribution in [2.45, 2.75) is 70.6 Å². The number of nitrogens with two attached hydrogens (primary N) is 2. The summed E-state index contributed by atoms with van der Waals surface area (Å²) in [7, 11) is 0. The van der Waals surface area contributed by atoms with Gasteiger partial charge in [-0.15, -0.1) is 0 Å². The minimum atomic E-state index is -1.32. The van der Waals surface area contributed by atoms with Crippen LogP contribution in [0.1, 0.15) is 50.7 Å². The number of aryl methyl sites for hydroxylation is 1. The van der Waals surface area contributed by atoms with Crippen LogP contribution >= 0.6 is 0 Å². The molecule has 3 unspecified atom stereocenters. The molecule has 0 aliphatic heterocycles. The lowest BCUT2D eigenvalue weighted by atomic mass is 9.92. The van der Waals surface area contributed by atoms with Gasteiger partial charge in [0.1, 0.15) is 17.7 Å². The number of carbonyl (C=O) groups excluding carboxylic acids is 2. The Hall–Kier alpha value is -2.88. The summed E-state index contributed by atoms with van der Waals surface area (Å²) in [4.78, 5) is 24.7. The smallest absolute Gasteiger partial charge is 0.250 e. The maximum atomic E-state index is 13.8. The van der Waals surface area contributed by atoms with Crippen molar-refractivity contribution in [1.29, 1.82) is 0 Å². The van der Waals surface area contributed by atoms with Gasteiger partial charge in [0, 0.05) is 31.6 Å². The Balaban J connectivity index is 1.67. The lowest BCUT2D eigenvalue weighted by Crippen LogP contribution is -2.50. The molecule has 0 saturated carbocycles. The van der Waals surface area contributed by atoms with Gasteiger partial charge in [-0.25, -0.2) is 8.78 Å². The van der Waals surface area contributed by atoms with E-state index in [4.69, 9.17) is 11.5 Å². The number of hydrogen-bond donors (Lipinski definition) is 5. The second-order valence-corrected chi connectivity index (χ2v) is 10.4. The zero-order valence-corrected chi connectivity index (χ0v) is 21.7. The summed E-state index contributed by atoms with van der Waals surface area (Å²) < 4.78 is 27.1. The summed E-state index contributed by atoms with van der Waals surface area (Å²) in [6, 6.07) is 11.9. The summed E-state index contributed by atoms with van der Waals surface area (Å²) in [5.74, 6) is -2.01. The molecule has 37 heavy (non-hydrogen) atoms. The zero-order chi connectivity index (χ0) is 27.4. The molecular weight excluding hydrogens is 478 g/mol. The van der Waals surface area contributed by atoms with Gasteiger partial charge in [-0.3, -0.25) is 9.59 Å². The third-order valence-electron chi connectivity index (χ3n) is 6.21. The Labute approximate surface area is 218 Å². The number of amides is 2. The first-order valence-corrected chi connectivity index (χ1v) is 12.7. The number of aliphatic hydroxyl groups is 1. The second kappa shape index (κ2) is 14.8. The molecule has 9 heteroatoms. The molecule has 2 amide bonds. The molecule has 7 nitrogen and oxygen atoms in total. The van der Waals surface area contributed by atoms with Crippen LogP contribution < -0.4 is 22.1 Å². The SMILES string of the molecule is CC(C)(CNC(=O)CC(N)Cc1cc(F)ccc1F)CNC(=O)C(O)C(N)CCCCc1ccccc1. The van der Waals surface area contributed by atoms with Crippen LogP contribution in [0.25, 0.3) is 0 Å². The average molecular weight is 519 g/mol. The summed E-state index contributed by atoms with van der Waals surface area (Å²) in [5, 5.41) is 15.8. The number of hydrogen-bond acceptors (Lipinski definition) is 5. The maximum Gasteiger partial charge on any atom is 0.250 e. The molecule has 0 fully saturated rings. The molecule has 7 N–H and O–H groups in total. The van der Waals surface area contributed by atoms with Gasteiger partial charge in [-0.2, -0.15) is 0 Å². The quantitative estimate of drug-likeness (QED) is 0.231. The van der Waals surface area contributed by atoms with Crippen LogP contribution in [-0.2, 0) is 22.4 Å². The highest BCUT2D eigenvalue weighted by atomic mass is 19.1. The third-order valence-corrected chi connectivity index (χ3v) is 6.21. The van der Waals surface area contributed by atoms with E-state index in [1.165, 1.54) is 5.56 Å². The van der Waals surface area contributed by atoms with Gasteiger partial charge in [0.25, 0.3) is 0 Å². The first-order valence-electron chi connectivity index (χ1n) is 12.7. The van der Waals surface area contributed by atoms with Gasteiger partial charge in [0.15, 0.2) is 0 Å². The first-order chi connectivity index (χ1) is 17.5. The monoisotopic (exact) mass is 518 g/mol. The van der Waals surface area contributed by atoms with Crippen molar-refractivity contribution in [2.24, 2.45) is 16.9 Å². The molecule has 0 aliphatic carbocycles. The van der Waals surface area contributed by atoms with E-state index in [0.717, 1.165) is 37.5 Å². The standard InChI is InChI=1S/C28H40F2N4O3/c1-28(2,17-33-25(35)16-22(31)15-20-14-21(29)12-13-23(20)30)18-34-27(37)26(36)24(32)11-7-6-10-19-8-4-3-5-9-19/h3-5,8-9,12-14,22,24,26,36H,6-7,10-11,15-18,31-32H2,1-2H3,(H,33,35)(H,34,37). The fraction of sp³-hybridized carbons (Fsp3) is 0.500. The Morgan fingerprint density at radius 1 is 1.00 bits per heavy atom. The number of halogens is 2. The molecule has 0 spiro atoms. The second-order valence-electron chi connectivity index (χ2n) is 10.4. The van der Waals surface area contributed by atoms with Crippen LogP contribution in [0.4, 0.5) is 8.78 Å². The minimum Gasteiger partial charge on any atom is -0.382 e. The number of aliphatic hydroxyl groups excluding tert-OH is 1. The van der Waals surface area contributed by atoms with Crippen molar-refractivity contribution in [1.82, 2.24) is 10.6 Å². The van der Waals surface area contributed by atoms with Crippen molar-refractivity contribution in [2.75, 3.05) is 13.1 Å². The van der Waals surface area contributed by atoms with Gasteiger partial charge in [0.2, 0.25) is 11.8 Å². The van der Waals surface area contributed by atoms with E-state index in [2.05, 4.69) is 22.8 Å². The van der Waals surface area contributed by atoms with E-state index in [0.29, 0.717) is 6.42 Å². The Morgan fingerprint density at radius 3 is 2.38 bits per heavy atom. The van der Waals surface area contributed by atoms with Crippen molar-refractivity contribution in [3.8, 4) is 0 Å². The highest BCUT2D eigenvalue weighted by Crippen LogP contribution is 2.15. The predicted molar refractivity (Wildman–Crippen MR) is 140 cm³/mol. The summed E-state index contributed by atoms with van der Waals surface area (Å²) in [5.41, 5.74) is 12.8. The van der Waals surface area contributed by atoms with Crippen molar-refractivity contribution >= 4 is 11.8 Å². The van der Waals surface area contributed by atoms with Crippen molar-refractivity contribution < 1.29 is 23.5 Å². The predicted octanol–water partition coefficient (Wildman–Crippen LogP) is 2.58. The van der Waals surface area contributed by atoms with Crippen LogP contribution in [0.2, 0.25) is 0 Å². The lowest BCUT2D eigenvalue weighted by Gasteiger charge is -2.27. The molecule has 2 rings (SSSR count). The maximum absolute atomic E-state index is 13.8. The van der Waals surface area contributed by atoms with Crippen LogP contribution in [0.3, 0.4) is 0 Å². The first kappa shape index (κ1) is 30.3. The number of unbranched alkanes of at least 4 members (excludes halogenated alkanes) is 1. The average Bonchev–Trinajstić information content (AvgIpc) is 2.86. The van der Waals surface area contributed by atoms with E-state index < -0.39 is 41.1 Å². The number of rotatable bonds is 15. The highest BCUT2D eigenvalue weighted by Gasteiger charge is 2.26. The molecule has 0 heterocycles. The lowest BCUT2D eigenvalue weighted by molar-refractivity contribution is -0.130. The zero-order valence-electron chi connectivity index (χ0n) is 21.7. The minimum absolute atomic E-state index is 0.0286. The largest absolute Gasteiger partial charge is 0.382 e. The molecule has 0 radical (unpaired) electrons. The normalized spacial score (nSPS) is 14.0. The molecule has 3 atom stereocenters. The molecule has 2 aromatic rings. The fourth-order valence-corrected chi connectivity index (χ4v) is 3.90. The van der Waals surface area contributed by atoms with E-state index in [1.807, 2.05) is 32.0 Å². The van der Waals surface area contributed by atoms with Crippen molar-refractivity contribution in [3.63, 3.8) is 0 Å². The molecule has 2 aromatic carbocycles. The molecule has 0 saturated heterocycles. The Kier molecular flexibility index (Phi) is 12.1. The van der Waals surface area contributed by atoms with Crippen LogP contribution in [0.5, 0.6) is 0 Å². The molecule has 0 bridgehead atoms.